The Morgan fingerprint density at radius 3 is 2.22 bits per heavy atom. The molecule has 0 aromatic heterocycles. The van der Waals surface area contributed by atoms with Gasteiger partial charge in [-0.15, -0.1) is 0 Å². The van der Waals surface area contributed by atoms with Crippen molar-refractivity contribution in [2.24, 2.45) is 22.7 Å². The first kappa shape index (κ1) is 10.5. The Morgan fingerprint density at radius 1 is 1.22 bits per heavy atom. The van der Waals surface area contributed by atoms with Crippen LogP contribution >= 0.6 is 0 Å². The Kier molecular flexibility index (Phi) is 1.20. The second-order valence-electron chi connectivity index (χ2n) is 6.78. The number of piperidine rings is 2. The van der Waals surface area contributed by atoms with Crippen LogP contribution in [0.15, 0.2) is 0 Å². The molecule has 5 fully saturated rings. The third-order valence-electron chi connectivity index (χ3n) is 6.70. The number of nitrogens with zero attached hydrogens (tertiary/aromatic N) is 1. The molecule has 100 valence electrons. The van der Waals surface area contributed by atoms with Gasteiger partial charge in [0.05, 0.1) is 0 Å². The van der Waals surface area contributed by atoms with E-state index in [0.717, 1.165) is 10.7 Å². The first-order chi connectivity index (χ1) is 8.18. The Bertz CT molecular complexity index is 616. The van der Waals surface area contributed by atoms with Crippen molar-refractivity contribution in [2.75, 3.05) is 0 Å². The summed E-state index contributed by atoms with van der Waals surface area (Å²) in [5.74, 6) is 0.819. The number of hydrogen-bond donors (Lipinski definition) is 0. The van der Waals surface area contributed by atoms with Gasteiger partial charge in [0.2, 0.25) is 0 Å². The van der Waals surface area contributed by atoms with Crippen LogP contribution in [-0.4, -0.2) is 29.8 Å². The summed E-state index contributed by atoms with van der Waals surface area (Å²) in [6.45, 7) is 2.14. The third-order valence-corrected chi connectivity index (χ3v) is 8.39. The molecule has 0 aromatic rings. The first-order valence-corrected chi connectivity index (χ1v) is 7.73. The standard InChI is InChI=1S/C11H12F3NO2S/c1-5-2-8(5)4-7-10(8)6-3-9(6,10)15(7)18(16,17)11(12,13)14/h5-7H,2-4H2,1H3/t5?,6?,7?,8?,9-,10?/m1/s1. The summed E-state index contributed by atoms with van der Waals surface area (Å²) in [7, 11) is -5.11. The van der Waals surface area contributed by atoms with Crippen LogP contribution in [0.3, 0.4) is 0 Å². The van der Waals surface area contributed by atoms with Crippen LogP contribution < -0.4 is 0 Å². The minimum Gasteiger partial charge on any atom is -0.203 e. The molecule has 7 heteroatoms. The van der Waals surface area contributed by atoms with Crippen molar-refractivity contribution in [2.45, 2.75) is 43.3 Å². The van der Waals surface area contributed by atoms with Gasteiger partial charge >= 0.3 is 15.5 Å². The molecule has 1 saturated heterocycles. The quantitative estimate of drug-likeness (QED) is 0.733. The maximum atomic E-state index is 12.7. The van der Waals surface area contributed by atoms with Crippen LogP contribution in [0.2, 0.25) is 0 Å². The van der Waals surface area contributed by atoms with Gasteiger partial charge in [0.15, 0.2) is 0 Å². The Morgan fingerprint density at radius 2 is 1.83 bits per heavy atom. The highest BCUT2D eigenvalue weighted by molar-refractivity contribution is 7.90. The maximum absolute atomic E-state index is 12.7. The molecule has 5 aliphatic rings. The van der Waals surface area contributed by atoms with Crippen molar-refractivity contribution in [3.8, 4) is 0 Å². The minimum absolute atomic E-state index is 0.0161. The van der Waals surface area contributed by atoms with E-state index in [1.54, 1.807) is 0 Å². The highest BCUT2D eigenvalue weighted by Crippen LogP contribution is 3.06. The van der Waals surface area contributed by atoms with Gasteiger partial charge in [0.25, 0.3) is 0 Å². The Labute approximate surface area is 102 Å². The van der Waals surface area contributed by atoms with Gasteiger partial charge in [-0.1, -0.05) is 6.92 Å². The van der Waals surface area contributed by atoms with E-state index in [9.17, 15) is 21.6 Å². The number of halogens is 3. The fraction of sp³-hybridized carbons (Fsp3) is 1.00. The van der Waals surface area contributed by atoms with E-state index in [-0.39, 0.29) is 22.8 Å². The Balaban J connectivity index is 1.56. The fourth-order valence-electron chi connectivity index (χ4n) is 6.00. The smallest absolute Gasteiger partial charge is 0.203 e. The average Bonchev–Trinajstić information content (AvgIpc) is 3.02. The van der Waals surface area contributed by atoms with Gasteiger partial charge in [-0.2, -0.15) is 17.5 Å². The summed E-state index contributed by atoms with van der Waals surface area (Å²) in [4.78, 5) is 0. The number of rotatable bonds is 1. The summed E-state index contributed by atoms with van der Waals surface area (Å²) in [5.41, 5.74) is -5.52. The van der Waals surface area contributed by atoms with Gasteiger partial charge in [-0.05, 0) is 36.5 Å². The van der Waals surface area contributed by atoms with Crippen molar-refractivity contribution in [1.82, 2.24) is 4.31 Å². The lowest BCUT2D eigenvalue weighted by molar-refractivity contribution is -0.162. The lowest BCUT2D eigenvalue weighted by Crippen LogP contribution is -2.76. The van der Waals surface area contributed by atoms with Crippen molar-refractivity contribution in [3.63, 3.8) is 0 Å². The van der Waals surface area contributed by atoms with Crippen LogP contribution in [0.25, 0.3) is 0 Å². The van der Waals surface area contributed by atoms with Crippen molar-refractivity contribution in [3.05, 3.63) is 0 Å². The van der Waals surface area contributed by atoms with Crippen LogP contribution in [0.1, 0.15) is 26.2 Å². The fourth-order valence-corrected chi connectivity index (χ4v) is 7.58. The molecule has 0 bridgehead atoms. The second-order valence-corrected chi connectivity index (χ2v) is 8.58. The van der Waals surface area contributed by atoms with Crippen LogP contribution in [0.4, 0.5) is 13.2 Å². The van der Waals surface area contributed by atoms with E-state index in [4.69, 9.17) is 0 Å². The van der Waals surface area contributed by atoms with E-state index in [1.165, 1.54) is 0 Å². The van der Waals surface area contributed by atoms with E-state index < -0.39 is 21.1 Å². The molecular formula is C11H12F3NO2S. The summed E-state index contributed by atoms with van der Waals surface area (Å²) in [6, 6.07) is -0.340. The zero-order chi connectivity index (χ0) is 12.9. The van der Waals surface area contributed by atoms with E-state index >= 15 is 0 Å². The molecule has 1 aliphatic heterocycles. The minimum atomic E-state index is -5.14. The van der Waals surface area contributed by atoms with Crippen molar-refractivity contribution >= 4 is 10.0 Å². The lowest BCUT2D eigenvalue weighted by Gasteiger charge is -2.66. The molecule has 5 rings (SSSR count). The predicted octanol–water partition coefficient (Wildman–Crippen LogP) is 1.71. The first-order valence-electron chi connectivity index (χ1n) is 6.29. The van der Waals surface area contributed by atoms with Gasteiger partial charge < -0.3 is 0 Å². The SMILES string of the molecule is CC1CC12CC1N(S(=O)(=O)C(F)(F)F)[C@]34CC3C124. The van der Waals surface area contributed by atoms with Crippen molar-refractivity contribution < 1.29 is 21.6 Å². The molecule has 1 heterocycles. The zero-order valence-corrected chi connectivity index (χ0v) is 10.5. The highest BCUT2D eigenvalue weighted by Gasteiger charge is 3.12. The molecule has 6 atom stereocenters. The molecule has 18 heavy (non-hydrogen) atoms. The Hall–Kier alpha value is -0.300. The average molecular weight is 279 g/mol. The van der Waals surface area contributed by atoms with Crippen LogP contribution in [0, 0.1) is 22.7 Å². The van der Waals surface area contributed by atoms with Crippen LogP contribution in [0.5, 0.6) is 0 Å². The van der Waals surface area contributed by atoms with E-state index in [0.29, 0.717) is 18.8 Å². The summed E-state index contributed by atoms with van der Waals surface area (Å²) < 4.78 is 62.0. The van der Waals surface area contributed by atoms with Gasteiger partial charge in [-0.25, -0.2) is 8.42 Å². The number of alkyl halides is 3. The molecule has 0 radical (unpaired) electrons. The summed E-state index contributed by atoms with van der Waals surface area (Å²) in [6.07, 6.45) is 2.40. The molecule has 0 N–H and O–H groups in total. The second kappa shape index (κ2) is 2.06. The molecule has 0 aromatic carbocycles. The van der Waals surface area contributed by atoms with E-state index in [2.05, 4.69) is 6.92 Å². The predicted molar refractivity (Wildman–Crippen MR) is 54.7 cm³/mol. The van der Waals surface area contributed by atoms with Gasteiger partial charge in [-0.3, -0.25) is 0 Å². The molecule has 0 amide bonds. The molecule has 3 nitrogen and oxygen atoms in total. The molecule has 4 saturated carbocycles. The molecule has 5 unspecified atom stereocenters. The third kappa shape index (κ3) is 0.592. The maximum Gasteiger partial charge on any atom is 0.511 e. The topological polar surface area (TPSA) is 37.4 Å². The lowest BCUT2D eigenvalue weighted by atomic mass is 9.51. The largest absolute Gasteiger partial charge is 0.511 e. The highest BCUT2D eigenvalue weighted by atomic mass is 32.2. The van der Waals surface area contributed by atoms with Crippen molar-refractivity contribution in [1.29, 1.82) is 0 Å². The number of hydrogen-bond acceptors (Lipinski definition) is 2. The van der Waals surface area contributed by atoms with Crippen LogP contribution in [-0.2, 0) is 10.0 Å². The summed E-state index contributed by atoms with van der Waals surface area (Å²) in [5, 5.41) is 0. The summed E-state index contributed by atoms with van der Waals surface area (Å²) >= 11 is 0. The van der Waals surface area contributed by atoms with E-state index in [1.807, 2.05) is 0 Å². The molecular weight excluding hydrogens is 267 g/mol. The molecule has 3 spiro atoms. The molecule has 4 aliphatic carbocycles. The number of sulfonamides is 1. The van der Waals surface area contributed by atoms with Gasteiger partial charge in [0.1, 0.15) is 0 Å². The zero-order valence-electron chi connectivity index (χ0n) is 9.66. The normalized spacial score (nSPS) is 63.2. The monoisotopic (exact) mass is 279 g/mol. The van der Waals surface area contributed by atoms with Gasteiger partial charge in [0, 0.05) is 17.0 Å².